The lowest BCUT2D eigenvalue weighted by atomic mass is 9.91. The Kier molecular flexibility index (Phi) is 3.01. The SMILES string of the molecule is CC(F)(F)CC1CNCC1CN. The molecule has 0 bridgehead atoms. The molecule has 0 saturated carbocycles. The summed E-state index contributed by atoms with van der Waals surface area (Å²) in [6.07, 6.45) is -0.0398. The summed E-state index contributed by atoms with van der Waals surface area (Å²) in [5, 5.41) is 3.08. The molecular formula is C8H16F2N2. The van der Waals surface area contributed by atoms with E-state index in [0.29, 0.717) is 13.1 Å². The van der Waals surface area contributed by atoms with Crippen LogP contribution < -0.4 is 11.1 Å². The van der Waals surface area contributed by atoms with Gasteiger partial charge in [-0.15, -0.1) is 0 Å². The molecule has 12 heavy (non-hydrogen) atoms. The second-order valence-electron chi connectivity index (χ2n) is 3.69. The van der Waals surface area contributed by atoms with Crippen LogP contribution in [0.15, 0.2) is 0 Å². The summed E-state index contributed by atoms with van der Waals surface area (Å²) in [5.41, 5.74) is 5.46. The summed E-state index contributed by atoms with van der Waals surface area (Å²) < 4.78 is 25.2. The quantitative estimate of drug-likeness (QED) is 0.671. The molecule has 1 aliphatic heterocycles. The zero-order valence-electron chi connectivity index (χ0n) is 7.32. The van der Waals surface area contributed by atoms with Crippen molar-refractivity contribution in [2.75, 3.05) is 19.6 Å². The van der Waals surface area contributed by atoms with Gasteiger partial charge in [0.05, 0.1) is 0 Å². The minimum absolute atomic E-state index is 0.0398. The van der Waals surface area contributed by atoms with Crippen molar-refractivity contribution in [2.24, 2.45) is 17.6 Å². The first-order chi connectivity index (χ1) is 5.53. The number of nitrogens with two attached hydrogens (primary N) is 1. The van der Waals surface area contributed by atoms with E-state index in [-0.39, 0.29) is 18.3 Å². The highest BCUT2D eigenvalue weighted by molar-refractivity contribution is 4.84. The Balaban J connectivity index is 2.41. The number of rotatable bonds is 3. The molecule has 0 radical (unpaired) electrons. The predicted molar refractivity (Wildman–Crippen MR) is 44.1 cm³/mol. The first kappa shape index (κ1) is 9.86. The van der Waals surface area contributed by atoms with Gasteiger partial charge < -0.3 is 11.1 Å². The highest BCUT2D eigenvalue weighted by Gasteiger charge is 2.33. The second-order valence-corrected chi connectivity index (χ2v) is 3.69. The molecule has 1 fully saturated rings. The second kappa shape index (κ2) is 3.66. The molecule has 0 aliphatic carbocycles. The third-order valence-electron chi connectivity index (χ3n) is 2.40. The number of hydrogen-bond donors (Lipinski definition) is 2. The van der Waals surface area contributed by atoms with Crippen molar-refractivity contribution < 1.29 is 8.78 Å². The molecule has 0 amide bonds. The van der Waals surface area contributed by atoms with Crippen LogP contribution in [0, 0.1) is 11.8 Å². The van der Waals surface area contributed by atoms with E-state index >= 15 is 0 Å². The lowest BCUT2D eigenvalue weighted by Gasteiger charge is -2.20. The average molecular weight is 178 g/mol. The third-order valence-corrected chi connectivity index (χ3v) is 2.40. The van der Waals surface area contributed by atoms with Gasteiger partial charge in [-0.3, -0.25) is 0 Å². The summed E-state index contributed by atoms with van der Waals surface area (Å²) in [5.74, 6) is -2.27. The Morgan fingerprint density at radius 1 is 1.42 bits per heavy atom. The molecule has 1 saturated heterocycles. The smallest absolute Gasteiger partial charge is 0.245 e. The molecule has 2 unspecified atom stereocenters. The van der Waals surface area contributed by atoms with Gasteiger partial charge in [0.2, 0.25) is 5.92 Å². The first-order valence-electron chi connectivity index (χ1n) is 4.31. The van der Waals surface area contributed by atoms with Gasteiger partial charge in [0.15, 0.2) is 0 Å². The van der Waals surface area contributed by atoms with Crippen LogP contribution in [-0.4, -0.2) is 25.6 Å². The van der Waals surface area contributed by atoms with Gasteiger partial charge in [-0.1, -0.05) is 0 Å². The summed E-state index contributed by atoms with van der Waals surface area (Å²) in [4.78, 5) is 0. The van der Waals surface area contributed by atoms with Crippen LogP contribution >= 0.6 is 0 Å². The minimum atomic E-state index is -2.55. The molecule has 2 nitrogen and oxygen atoms in total. The van der Waals surface area contributed by atoms with Crippen molar-refractivity contribution in [2.45, 2.75) is 19.3 Å². The normalized spacial score (nSPS) is 31.0. The molecule has 0 spiro atoms. The standard InChI is InChI=1S/C8H16F2N2/c1-8(9,10)2-6-4-12-5-7(6)3-11/h6-7,12H,2-5,11H2,1H3. The van der Waals surface area contributed by atoms with Gasteiger partial charge in [0.25, 0.3) is 0 Å². The van der Waals surface area contributed by atoms with E-state index in [9.17, 15) is 8.78 Å². The van der Waals surface area contributed by atoms with E-state index in [1.165, 1.54) is 0 Å². The third kappa shape index (κ3) is 2.68. The minimum Gasteiger partial charge on any atom is -0.330 e. The van der Waals surface area contributed by atoms with Crippen molar-refractivity contribution in [1.82, 2.24) is 5.32 Å². The fourth-order valence-electron chi connectivity index (χ4n) is 1.76. The van der Waals surface area contributed by atoms with E-state index in [1.807, 2.05) is 0 Å². The molecule has 0 aromatic rings. The van der Waals surface area contributed by atoms with Crippen molar-refractivity contribution in [3.05, 3.63) is 0 Å². The Bertz CT molecular complexity index is 144. The van der Waals surface area contributed by atoms with E-state index in [2.05, 4.69) is 5.32 Å². The van der Waals surface area contributed by atoms with Crippen molar-refractivity contribution in [3.8, 4) is 0 Å². The summed E-state index contributed by atoms with van der Waals surface area (Å²) in [6, 6.07) is 0. The van der Waals surface area contributed by atoms with Crippen molar-refractivity contribution in [1.29, 1.82) is 0 Å². The molecule has 0 aromatic heterocycles. The highest BCUT2D eigenvalue weighted by Crippen LogP contribution is 2.28. The van der Waals surface area contributed by atoms with Crippen LogP contribution in [0.25, 0.3) is 0 Å². The van der Waals surface area contributed by atoms with Crippen LogP contribution in [0.4, 0.5) is 8.78 Å². The summed E-state index contributed by atoms with van der Waals surface area (Å²) in [7, 11) is 0. The Morgan fingerprint density at radius 3 is 2.50 bits per heavy atom. The van der Waals surface area contributed by atoms with E-state index < -0.39 is 5.92 Å². The number of halogens is 2. The summed E-state index contributed by atoms with van der Waals surface area (Å²) in [6.45, 7) is 2.95. The van der Waals surface area contributed by atoms with Crippen LogP contribution in [0.1, 0.15) is 13.3 Å². The Hall–Kier alpha value is -0.220. The van der Waals surface area contributed by atoms with Gasteiger partial charge in [0, 0.05) is 6.42 Å². The fraction of sp³-hybridized carbons (Fsp3) is 1.00. The first-order valence-corrected chi connectivity index (χ1v) is 4.31. The molecule has 72 valence electrons. The molecule has 1 heterocycles. The Labute approximate surface area is 71.5 Å². The van der Waals surface area contributed by atoms with Gasteiger partial charge in [-0.2, -0.15) is 0 Å². The van der Waals surface area contributed by atoms with Crippen LogP contribution in [0.5, 0.6) is 0 Å². The van der Waals surface area contributed by atoms with Crippen LogP contribution in [0.3, 0.4) is 0 Å². The topological polar surface area (TPSA) is 38.0 Å². The zero-order valence-corrected chi connectivity index (χ0v) is 7.32. The molecule has 0 aromatic carbocycles. The zero-order chi connectivity index (χ0) is 9.19. The average Bonchev–Trinajstić information content (AvgIpc) is 2.31. The maximum absolute atomic E-state index is 12.6. The Morgan fingerprint density at radius 2 is 2.00 bits per heavy atom. The molecule has 4 heteroatoms. The maximum Gasteiger partial charge on any atom is 0.245 e. The van der Waals surface area contributed by atoms with E-state index in [4.69, 9.17) is 5.73 Å². The monoisotopic (exact) mass is 178 g/mol. The number of alkyl halides is 2. The number of nitrogens with one attached hydrogen (secondary N) is 1. The summed E-state index contributed by atoms with van der Waals surface area (Å²) >= 11 is 0. The largest absolute Gasteiger partial charge is 0.330 e. The predicted octanol–water partition coefficient (Wildman–Crippen LogP) is 0.826. The number of hydrogen-bond acceptors (Lipinski definition) is 2. The highest BCUT2D eigenvalue weighted by atomic mass is 19.3. The molecular weight excluding hydrogens is 162 g/mol. The maximum atomic E-state index is 12.6. The van der Waals surface area contributed by atoms with Crippen LogP contribution in [0.2, 0.25) is 0 Å². The lowest BCUT2D eigenvalue weighted by Crippen LogP contribution is -2.26. The van der Waals surface area contributed by atoms with E-state index in [1.54, 1.807) is 0 Å². The van der Waals surface area contributed by atoms with Gasteiger partial charge in [0.1, 0.15) is 0 Å². The van der Waals surface area contributed by atoms with Crippen molar-refractivity contribution >= 4 is 0 Å². The fourth-order valence-corrected chi connectivity index (χ4v) is 1.76. The van der Waals surface area contributed by atoms with Gasteiger partial charge >= 0.3 is 0 Å². The molecule has 1 rings (SSSR count). The van der Waals surface area contributed by atoms with Gasteiger partial charge in [-0.05, 0) is 38.4 Å². The molecule has 2 atom stereocenters. The lowest BCUT2D eigenvalue weighted by molar-refractivity contribution is -0.00616. The molecule has 3 N–H and O–H groups in total. The van der Waals surface area contributed by atoms with E-state index in [0.717, 1.165) is 13.5 Å². The van der Waals surface area contributed by atoms with Gasteiger partial charge in [-0.25, -0.2) is 8.78 Å². The van der Waals surface area contributed by atoms with Crippen LogP contribution in [-0.2, 0) is 0 Å². The van der Waals surface area contributed by atoms with Crippen molar-refractivity contribution in [3.63, 3.8) is 0 Å². The molecule has 1 aliphatic rings.